The highest BCUT2D eigenvalue weighted by Crippen LogP contribution is 2.21. The van der Waals surface area contributed by atoms with Crippen LogP contribution in [0, 0.1) is 0 Å². The molecule has 2 heterocycles. The molecule has 3 rings (SSSR count). The van der Waals surface area contributed by atoms with Crippen LogP contribution < -0.4 is 4.87 Å². The molecule has 7 heteroatoms. The van der Waals surface area contributed by atoms with E-state index in [4.69, 9.17) is 4.74 Å². The van der Waals surface area contributed by atoms with Gasteiger partial charge in [-0.05, 0) is 40.0 Å². The molecule has 0 aliphatic rings. The summed E-state index contributed by atoms with van der Waals surface area (Å²) in [6, 6.07) is 6.17. The number of aromatic nitrogens is 2. The summed E-state index contributed by atoms with van der Waals surface area (Å²) in [7, 11) is 1.59. The van der Waals surface area contributed by atoms with Gasteiger partial charge in [0, 0.05) is 18.9 Å². The van der Waals surface area contributed by atoms with Crippen molar-refractivity contribution in [1.29, 1.82) is 0 Å². The summed E-state index contributed by atoms with van der Waals surface area (Å²) < 4.78 is 8.63. The van der Waals surface area contributed by atoms with Crippen molar-refractivity contribution >= 4 is 48.8 Å². The van der Waals surface area contributed by atoms with Crippen LogP contribution in [0.15, 0.2) is 33.0 Å². The van der Waals surface area contributed by atoms with Gasteiger partial charge in [0.05, 0.1) is 15.2 Å². The molecule has 0 atom stereocenters. The van der Waals surface area contributed by atoms with E-state index in [1.807, 2.05) is 11.4 Å². The van der Waals surface area contributed by atoms with Gasteiger partial charge in [-0.25, -0.2) is 4.98 Å². The van der Waals surface area contributed by atoms with E-state index >= 15 is 0 Å². The Hall–Kier alpha value is -1.02. The summed E-state index contributed by atoms with van der Waals surface area (Å²) >= 11 is 6.29. The van der Waals surface area contributed by atoms with Crippen molar-refractivity contribution in [2.24, 2.45) is 0 Å². The Balaban J connectivity index is 1.82. The van der Waals surface area contributed by atoms with Crippen molar-refractivity contribution in [1.82, 2.24) is 9.55 Å². The maximum absolute atomic E-state index is 11.9. The lowest BCUT2D eigenvalue weighted by atomic mass is 10.1. The zero-order valence-corrected chi connectivity index (χ0v) is 14.6. The smallest absolute Gasteiger partial charge is 0.310 e. The molecule has 0 radical (unpaired) electrons. The van der Waals surface area contributed by atoms with E-state index in [2.05, 4.69) is 33.0 Å². The Kier molecular flexibility index (Phi) is 4.54. The van der Waals surface area contributed by atoms with Gasteiger partial charge in [-0.3, -0.25) is 9.36 Å². The van der Waals surface area contributed by atoms with Gasteiger partial charge in [0.2, 0.25) is 0 Å². The number of hydrogen-bond donors (Lipinski definition) is 0. The van der Waals surface area contributed by atoms with Gasteiger partial charge in [-0.2, -0.15) is 0 Å². The second kappa shape index (κ2) is 6.39. The van der Waals surface area contributed by atoms with E-state index in [0.29, 0.717) is 6.73 Å². The van der Waals surface area contributed by atoms with Gasteiger partial charge < -0.3 is 4.74 Å². The van der Waals surface area contributed by atoms with Crippen LogP contribution in [0.25, 0.3) is 10.2 Å². The largest absolute Gasteiger partial charge is 0.364 e. The lowest BCUT2D eigenvalue weighted by Crippen LogP contribution is -2.13. The van der Waals surface area contributed by atoms with Crippen molar-refractivity contribution in [2.75, 3.05) is 7.11 Å². The fourth-order valence-corrected chi connectivity index (χ4v) is 4.38. The highest BCUT2D eigenvalue weighted by molar-refractivity contribution is 9.10. The van der Waals surface area contributed by atoms with Gasteiger partial charge in [0.25, 0.3) is 0 Å². The highest BCUT2D eigenvalue weighted by Gasteiger charge is 2.08. The molecular formula is C14H13BrN2O2S2. The Morgan fingerprint density at radius 3 is 2.95 bits per heavy atom. The number of nitrogens with zero attached hydrogens (tertiary/aromatic N) is 2. The van der Waals surface area contributed by atoms with Crippen LogP contribution in [0.2, 0.25) is 0 Å². The number of aryl methyl sites for hydroxylation is 2. The van der Waals surface area contributed by atoms with Crippen LogP contribution in [0.5, 0.6) is 0 Å². The molecule has 0 spiro atoms. The average Bonchev–Trinajstić information content (AvgIpc) is 3.01. The molecule has 3 aromatic rings. The van der Waals surface area contributed by atoms with Crippen molar-refractivity contribution in [2.45, 2.75) is 19.6 Å². The molecule has 0 saturated carbocycles. The van der Waals surface area contributed by atoms with Crippen molar-refractivity contribution in [3.63, 3.8) is 0 Å². The van der Waals surface area contributed by atoms with Crippen molar-refractivity contribution in [3.05, 3.63) is 48.4 Å². The second-order valence-corrected chi connectivity index (χ2v) is 7.33. The van der Waals surface area contributed by atoms with Crippen molar-refractivity contribution < 1.29 is 4.74 Å². The van der Waals surface area contributed by atoms with Crippen molar-refractivity contribution in [3.8, 4) is 0 Å². The Bertz CT molecular complexity index is 822. The van der Waals surface area contributed by atoms with Crippen LogP contribution in [-0.2, 0) is 24.3 Å². The van der Waals surface area contributed by atoms with E-state index in [1.165, 1.54) is 16.9 Å². The number of hydrogen-bond acceptors (Lipinski definition) is 5. The van der Waals surface area contributed by atoms with E-state index in [1.54, 1.807) is 23.0 Å². The molecule has 0 aliphatic carbocycles. The lowest BCUT2D eigenvalue weighted by molar-refractivity contribution is 0.133. The average molecular weight is 385 g/mol. The topological polar surface area (TPSA) is 44.1 Å². The van der Waals surface area contributed by atoms with E-state index < -0.39 is 0 Å². The number of thiazole rings is 2. The molecule has 4 nitrogen and oxygen atoms in total. The number of fused-ring (bicyclic) bond motifs is 1. The molecule has 0 amide bonds. The Morgan fingerprint density at radius 2 is 2.24 bits per heavy atom. The summed E-state index contributed by atoms with van der Waals surface area (Å²) in [6.07, 6.45) is 1.84. The summed E-state index contributed by atoms with van der Waals surface area (Å²) in [6.45, 7) is 0.297. The maximum Gasteiger partial charge on any atom is 0.310 e. The summed E-state index contributed by atoms with van der Waals surface area (Å²) in [5.74, 6) is 0. The summed E-state index contributed by atoms with van der Waals surface area (Å²) in [5, 5.41) is 3.11. The number of ether oxygens (including phenoxy) is 1. The van der Waals surface area contributed by atoms with Crippen LogP contribution in [0.1, 0.15) is 10.6 Å². The van der Waals surface area contributed by atoms with E-state index in [0.717, 1.165) is 32.7 Å². The van der Waals surface area contributed by atoms with Crippen LogP contribution in [0.3, 0.4) is 0 Å². The van der Waals surface area contributed by atoms with Crippen LogP contribution in [-0.4, -0.2) is 16.7 Å². The zero-order valence-electron chi connectivity index (χ0n) is 11.3. The molecule has 0 N–H and O–H groups in total. The molecule has 0 unspecified atom stereocenters. The molecule has 110 valence electrons. The van der Waals surface area contributed by atoms with E-state index in [9.17, 15) is 4.79 Å². The fraction of sp³-hybridized carbons (Fsp3) is 0.286. The fourth-order valence-electron chi connectivity index (χ4n) is 2.17. The molecule has 1 aromatic carbocycles. The normalized spacial score (nSPS) is 11.3. The first kappa shape index (κ1) is 14.9. The van der Waals surface area contributed by atoms with Gasteiger partial charge >= 0.3 is 4.87 Å². The van der Waals surface area contributed by atoms with Gasteiger partial charge in [0.1, 0.15) is 11.3 Å². The highest BCUT2D eigenvalue weighted by atomic mass is 79.9. The molecule has 0 fully saturated rings. The van der Waals surface area contributed by atoms with Crippen LogP contribution in [0.4, 0.5) is 0 Å². The number of methoxy groups -OCH3 is 1. The monoisotopic (exact) mass is 384 g/mol. The third kappa shape index (κ3) is 3.26. The molecule has 21 heavy (non-hydrogen) atoms. The molecule has 0 aliphatic heterocycles. The quantitative estimate of drug-likeness (QED) is 0.673. The van der Waals surface area contributed by atoms with Gasteiger partial charge in [-0.15, -0.1) is 11.3 Å². The Labute approximate surface area is 138 Å². The third-order valence-electron chi connectivity index (χ3n) is 3.14. The molecule has 0 bridgehead atoms. The first-order chi connectivity index (χ1) is 10.2. The maximum atomic E-state index is 11.9. The lowest BCUT2D eigenvalue weighted by Gasteiger charge is -2.03. The first-order valence-electron chi connectivity index (χ1n) is 6.38. The standard InChI is InChI=1S/C14H13BrN2O2S2/c1-19-8-17-10-4-2-9(6-11(10)21-14(17)18)3-5-13-16-12(15)7-20-13/h2,4,6-7H,3,5,8H2,1H3. The molecular weight excluding hydrogens is 372 g/mol. The number of halogens is 1. The molecule has 2 aromatic heterocycles. The summed E-state index contributed by atoms with van der Waals surface area (Å²) in [5.41, 5.74) is 2.16. The van der Waals surface area contributed by atoms with Gasteiger partial charge in [-0.1, -0.05) is 17.4 Å². The third-order valence-corrected chi connectivity index (χ3v) is 5.70. The minimum absolute atomic E-state index is 0.0212. The summed E-state index contributed by atoms with van der Waals surface area (Å²) in [4.78, 5) is 16.3. The molecule has 0 saturated heterocycles. The predicted octanol–water partition coefficient (Wildman–Crippen LogP) is 3.67. The first-order valence-corrected chi connectivity index (χ1v) is 8.87. The number of rotatable bonds is 5. The van der Waals surface area contributed by atoms with Crippen LogP contribution >= 0.6 is 38.6 Å². The minimum Gasteiger partial charge on any atom is -0.364 e. The van der Waals surface area contributed by atoms with Gasteiger partial charge in [0.15, 0.2) is 0 Å². The Morgan fingerprint density at radius 1 is 1.38 bits per heavy atom. The predicted molar refractivity (Wildman–Crippen MR) is 90.3 cm³/mol. The second-order valence-electron chi connectivity index (χ2n) is 4.58. The number of benzene rings is 1. The minimum atomic E-state index is 0.0212. The zero-order chi connectivity index (χ0) is 14.8. The SMILES string of the molecule is COCn1c(=O)sc2cc(CCc3nc(Br)cs3)ccc21. The van der Waals surface area contributed by atoms with E-state index in [-0.39, 0.29) is 4.87 Å².